The van der Waals surface area contributed by atoms with Crippen LogP contribution in [0, 0.1) is 0 Å². The number of fused-ring (bicyclic) bond motifs is 1. The van der Waals surface area contributed by atoms with Gasteiger partial charge in [0.15, 0.2) is 0 Å². The van der Waals surface area contributed by atoms with E-state index < -0.39 is 5.91 Å². The number of piperidine rings is 1. The number of hydrogen-bond donors (Lipinski definition) is 2. The predicted octanol–water partition coefficient (Wildman–Crippen LogP) is 2.89. The normalized spacial score (nSPS) is 16.3. The van der Waals surface area contributed by atoms with E-state index in [2.05, 4.69) is 5.32 Å². The number of carbonyl (C=O) groups is 3. The third-order valence-electron chi connectivity index (χ3n) is 5.58. The standard InChI is InChI=1S/C22H24N4O3/c23-21(28)17-7-5-6-15-14-25(13-11-16(15)17)22(29)24-18-8-1-2-9-19(18)26-12-4-3-10-20(26)27/h1-2,5-9H,3-4,10-14H2,(H2,23,28)(H,24,29). The quantitative estimate of drug-likeness (QED) is 0.841. The molecule has 1 saturated heterocycles. The van der Waals surface area contributed by atoms with Crippen LogP contribution < -0.4 is 16.0 Å². The number of benzene rings is 2. The number of primary amides is 1. The lowest BCUT2D eigenvalue weighted by molar-refractivity contribution is -0.119. The largest absolute Gasteiger partial charge is 0.366 e. The van der Waals surface area contributed by atoms with E-state index in [0.29, 0.717) is 43.7 Å². The molecule has 0 aliphatic carbocycles. The highest BCUT2D eigenvalue weighted by atomic mass is 16.2. The summed E-state index contributed by atoms with van der Waals surface area (Å²) in [6.07, 6.45) is 2.98. The van der Waals surface area contributed by atoms with Gasteiger partial charge in [0.25, 0.3) is 0 Å². The van der Waals surface area contributed by atoms with Crippen LogP contribution in [0.25, 0.3) is 0 Å². The van der Waals surface area contributed by atoms with Gasteiger partial charge in [-0.2, -0.15) is 0 Å². The van der Waals surface area contributed by atoms with Crippen molar-refractivity contribution in [3.63, 3.8) is 0 Å². The molecule has 4 rings (SSSR count). The third kappa shape index (κ3) is 3.81. The van der Waals surface area contributed by atoms with E-state index in [1.165, 1.54) is 0 Å². The Morgan fingerprint density at radius 2 is 1.79 bits per heavy atom. The molecule has 0 unspecified atom stereocenters. The minimum atomic E-state index is -0.445. The molecule has 2 aliphatic rings. The molecule has 1 fully saturated rings. The molecule has 7 nitrogen and oxygen atoms in total. The van der Waals surface area contributed by atoms with Crippen LogP contribution in [-0.2, 0) is 17.8 Å². The Balaban J connectivity index is 1.52. The monoisotopic (exact) mass is 392 g/mol. The fraction of sp³-hybridized carbons (Fsp3) is 0.318. The predicted molar refractivity (Wildman–Crippen MR) is 111 cm³/mol. The highest BCUT2D eigenvalue weighted by Gasteiger charge is 2.26. The molecule has 150 valence electrons. The van der Waals surface area contributed by atoms with Gasteiger partial charge in [0, 0.05) is 31.6 Å². The summed E-state index contributed by atoms with van der Waals surface area (Å²) in [5.74, 6) is -0.358. The lowest BCUT2D eigenvalue weighted by Gasteiger charge is -2.31. The fourth-order valence-corrected chi connectivity index (χ4v) is 4.08. The van der Waals surface area contributed by atoms with Crippen LogP contribution in [-0.4, -0.2) is 35.8 Å². The van der Waals surface area contributed by atoms with E-state index in [0.717, 1.165) is 29.7 Å². The molecule has 29 heavy (non-hydrogen) atoms. The number of carbonyl (C=O) groups excluding carboxylic acids is 3. The average molecular weight is 392 g/mol. The number of nitrogens with two attached hydrogens (primary N) is 1. The molecule has 7 heteroatoms. The lowest BCUT2D eigenvalue weighted by atomic mass is 9.94. The van der Waals surface area contributed by atoms with Crippen LogP contribution in [0.2, 0.25) is 0 Å². The van der Waals surface area contributed by atoms with E-state index in [9.17, 15) is 14.4 Å². The van der Waals surface area contributed by atoms with Crippen LogP contribution in [0.1, 0.15) is 40.7 Å². The first-order valence-electron chi connectivity index (χ1n) is 9.90. The van der Waals surface area contributed by atoms with Crippen LogP contribution in [0.4, 0.5) is 16.2 Å². The maximum absolute atomic E-state index is 12.9. The van der Waals surface area contributed by atoms with Gasteiger partial charge in [-0.25, -0.2) is 4.79 Å². The van der Waals surface area contributed by atoms with Crippen molar-refractivity contribution < 1.29 is 14.4 Å². The SMILES string of the molecule is NC(=O)c1cccc2c1CCN(C(=O)Nc1ccccc1N1CCCCC1=O)C2. The van der Waals surface area contributed by atoms with Crippen molar-refractivity contribution in [2.45, 2.75) is 32.2 Å². The molecule has 2 aliphatic heterocycles. The number of nitrogens with one attached hydrogen (secondary N) is 1. The molecule has 0 bridgehead atoms. The zero-order valence-corrected chi connectivity index (χ0v) is 16.2. The van der Waals surface area contributed by atoms with Gasteiger partial charge in [-0.3, -0.25) is 9.59 Å². The van der Waals surface area contributed by atoms with E-state index in [1.807, 2.05) is 30.3 Å². The number of para-hydroxylation sites is 2. The maximum atomic E-state index is 12.9. The van der Waals surface area contributed by atoms with Gasteiger partial charge in [0.1, 0.15) is 0 Å². The molecular weight excluding hydrogens is 368 g/mol. The Labute approximate surface area is 169 Å². The molecule has 2 aromatic rings. The second-order valence-electron chi connectivity index (χ2n) is 7.43. The lowest BCUT2D eigenvalue weighted by Crippen LogP contribution is -2.40. The minimum Gasteiger partial charge on any atom is -0.366 e. The molecule has 0 saturated carbocycles. The summed E-state index contributed by atoms with van der Waals surface area (Å²) < 4.78 is 0. The highest BCUT2D eigenvalue weighted by Crippen LogP contribution is 2.30. The number of urea groups is 1. The Kier molecular flexibility index (Phi) is 5.20. The van der Waals surface area contributed by atoms with Crippen molar-refractivity contribution in [1.82, 2.24) is 4.90 Å². The van der Waals surface area contributed by atoms with Crippen LogP contribution in [0.15, 0.2) is 42.5 Å². The van der Waals surface area contributed by atoms with Gasteiger partial charge in [-0.05, 0) is 48.6 Å². The summed E-state index contributed by atoms with van der Waals surface area (Å²) in [5, 5.41) is 2.97. The summed E-state index contributed by atoms with van der Waals surface area (Å²) in [5.41, 5.74) is 9.21. The van der Waals surface area contributed by atoms with Crippen LogP contribution in [0.3, 0.4) is 0 Å². The van der Waals surface area contributed by atoms with E-state index in [-0.39, 0.29) is 11.9 Å². The first-order valence-corrected chi connectivity index (χ1v) is 9.90. The minimum absolute atomic E-state index is 0.0869. The van der Waals surface area contributed by atoms with Gasteiger partial charge >= 0.3 is 6.03 Å². The second kappa shape index (κ2) is 7.95. The highest BCUT2D eigenvalue weighted by molar-refractivity contribution is 6.01. The van der Waals surface area contributed by atoms with E-state index in [4.69, 9.17) is 5.73 Å². The van der Waals surface area contributed by atoms with Crippen molar-refractivity contribution in [3.8, 4) is 0 Å². The number of nitrogens with zero attached hydrogens (tertiary/aromatic N) is 2. The van der Waals surface area contributed by atoms with Crippen molar-refractivity contribution >= 4 is 29.2 Å². The first-order chi connectivity index (χ1) is 14.0. The summed E-state index contributed by atoms with van der Waals surface area (Å²) in [4.78, 5) is 40.4. The number of anilines is 2. The Morgan fingerprint density at radius 1 is 0.966 bits per heavy atom. The van der Waals surface area contributed by atoms with Crippen molar-refractivity contribution in [2.75, 3.05) is 23.3 Å². The molecule has 2 aromatic carbocycles. The van der Waals surface area contributed by atoms with Gasteiger partial charge < -0.3 is 20.9 Å². The molecule has 0 atom stereocenters. The van der Waals surface area contributed by atoms with Crippen LogP contribution in [0.5, 0.6) is 0 Å². The summed E-state index contributed by atoms with van der Waals surface area (Å²) >= 11 is 0. The Bertz CT molecular complexity index is 972. The Hall–Kier alpha value is -3.35. The Morgan fingerprint density at radius 3 is 2.59 bits per heavy atom. The van der Waals surface area contributed by atoms with Gasteiger partial charge in [0.05, 0.1) is 11.4 Å². The van der Waals surface area contributed by atoms with Crippen molar-refractivity contribution in [2.24, 2.45) is 5.73 Å². The molecule has 0 aromatic heterocycles. The van der Waals surface area contributed by atoms with Gasteiger partial charge in [0.2, 0.25) is 11.8 Å². The first kappa shape index (κ1) is 19.0. The number of rotatable bonds is 3. The molecule has 2 heterocycles. The number of amides is 4. The third-order valence-corrected chi connectivity index (χ3v) is 5.58. The topological polar surface area (TPSA) is 95.7 Å². The summed E-state index contributed by atoms with van der Waals surface area (Å²) in [6, 6.07) is 12.6. The molecule has 0 spiro atoms. The smallest absolute Gasteiger partial charge is 0.322 e. The fourth-order valence-electron chi connectivity index (χ4n) is 4.08. The average Bonchev–Trinajstić information content (AvgIpc) is 2.73. The zero-order valence-electron chi connectivity index (χ0n) is 16.2. The second-order valence-corrected chi connectivity index (χ2v) is 7.43. The zero-order chi connectivity index (χ0) is 20.4. The number of hydrogen-bond acceptors (Lipinski definition) is 3. The summed E-state index contributed by atoms with van der Waals surface area (Å²) in [6.45, 7) is 1.57. The molecule has 0 radical (unpaired) electrons. The van der Waals surface area contributed by atoms with E-state index >= 15 is 0 Å². The molecule has 3 N–H and O–H groups in total. The van der Waals surface area contributed by atoms with Gasteiger partial charge in [-0.1, -0.05) is 24.3 Å². The molecule has 4 amide bonds. The maximum Gasteiger partial charge on any atom is 0.322 e. The van der Waals surface area contributed by atoms with Crippen molar-refractivity contribution in [3.05, 3.63) is 59.2 Å². The van der Waals surface area contributed by atoms with Crippen LogP contribution >= 0.6 is 0 Å². The summed E-state index contributed by atoms with van der Waals surface area (Å²) in [7, 11) is 0. The molecular formula is C22H24N4O3. The van der Waals surface area contributed by atoms with Crippen molar-refractivity contribution in [1.29, 1.82) is 0 Å². The van der Waals surface area contributed by atoms with Gasteiger partial charge in [-0.15, -0.1) is 0 Å². The van der Waals surface area contributed by atoms with E-state index in [1.54, 1.807) is 21.9 Å².